The highest BCUT2D eigenvalue weighted by atomic mass is 17.0. The Kier molecular flexibility index (Phi) is 25.9. The summed E-state index contributed by atoms with van der Waals surface area (Å²) < 4.78 is 21.2. The van der Waals surface area contributed by atoms with Crippen LogP contribution in [0.4, 0.5) is 5.69 Å². The number of hydrogen-bond donors (Lipinski definition) is 0. The molecule has 2 atom stereocenters. The Morgan fingerprint density at radius 3 is 1.13 bits per heavy atom. The molecular weight excluding hydrogens is 726 g/mol. The van der Waals surface area contributed by atoms with Crippen LogP contribution in [0.1, 0.15) is 79.1 Å². The molecule has 0 heterocycles. The molecule has 0 aliphatic heterocycles. The van der Waals surface area contributed by atoms with Gasteiger partial charge in [-0.2, -0.15) is 0 Å². The van der Waals surface area contributed by atoms with Crippen LogP contribution in [0.3, 0.4) is 0 Å². The van der Waals surface area contributed by atoms with Crippen molar-refractivity contribution in [1.29, 1.82) is 0 Å². The van der Waals surface area contributed by atoms with Gasteiger partial charge in [0.15, 0.2) is 0 Å². The van der Waals surface area contributed by atoms with Crippen molar-refractivity contribution >= 4 is 29.6 Å². The molecule has 0 aromatic heterocycles. The number of carbonyl (C=O) groups is 4. The number of ether oxygens (including phenoxy) is 4. The summed E-state index contributed by atoms with van der Waals surface area (Å²) in [4.78, 5) is 87.0. The van der Waals surface area contributed by atoms with Gasteiger partial charge in [0, 0.05) is 83.7 Å². The van der Waals surface area contributed by atoms with Crippen LogP contribution in [-0.2, 0) is 47.8 Å². The van der Waals surface area contributed by atoms with Crippen LogP contribution in [0, 0.1) is 20.2 Å². The van der Waals surface area contributed by atoms with Crippen LogP contribution in [0.2, 0.25) is 0 Å². The molecule has 0 aliphatic rings. The third-order valence-corrected chi connectivity index (χ3v) is 7.86. The maximum absolute atomic E-state index is 12.0. The summed E-state index contributed by atoms with van der Waals surface area (Å²) in [5.74, 6) is -1.58. The molecule has 0 saturated heterocycles. The van der Waals surface area contributed by atoms with Crippen molar-refractivity contribution in [2.75, 3.05) is 83.7 Å². The number of rotatable bonds is 33. The van der Waals surface area contributed by atoms with Gasteiger partial charge in [-0.25, -0.2) is 0 Å². The third-order valence-electron chi connectivity index (χ3n) is 7.86. The van der Waals surface area contributed by atoms with Crippen LogP contribution >= 0.6 is 0 Å². The Hall–Kier alpha value is -4.78. The minimum atomic E-state index is -1.14. The fraction of sp³-hybridized carbons (Fsp3) is 0.722. The first-order valence-electron chi connectivity index (χ1n) is 18.9. The van der Waals surface area contributed by atoms with E-state index in [1.54, 1.807) is 45.0 Å². The standard InChI is InChI=1S/C36H59N5O14/c1-5-12-33(42)50-22-18-37(19-23-51-34(43)13-6-2)26-31(54-40(46)47)28-39(30-16-10-9-11-17-30)29-32(55-41(48)49)27-38(20-24-52-35(44)14-7-3)21-25-53-36(45)15-8-4/h9-11,16-17,31-32H,5-8,12-15,18-29H2,1-4H3. The van der Waals surface area contributed by atoms with Gasteiger partial charge in [-0.1, -0.05) is 45.9 Å². The number of carbonyl (C=O) groups excluding carboxylic acids is 4. The van der Waals surface area contributed by atoms with Crippen molar-refractivity contribution in [1.82, 2.24) is 9.80 Å². The van der Waals surface area contributed by atoms with Crippen molar-refractivity contribution in [2.24, 2.45) is 0 Å². The molecule has 55 heavy (non-hydrogen) atoms. The lowest BCUT2D eigenvalue weighted by atomic mass is 10.2. The minimum Gasteiger partial charge on any atom is -0.464 e. The molecule has 0 bridgehead atoms. The molecule has 0 amide bonds. The minimum absolute atomic E-state index is 0.0224. The number of para-hydroxylation sites is 1. The summed E-state index contributed by atoms with van der Waals surface area (Å²) in [7, 11) is 0. The van der Waals surface area contributed by atoms with E-state index in [0.29, 0.717) is 31.4 Å². The average Bonchev–Trinajstić information content (AvgIpc) is 3.11. The zero-order chi connectivity index (χ0) is 40.8. The summed E-state index contributed by atoms with van der Waals surface area (Å²) >= 11 is 0. The zero-order valence-corrected chi connectivity index (χ0v) is 32.6. The molecule has 0 radical (unpaired) electrons. The summed E-state index contributed by atoms with van der Waals surface area (Å²) in [5.41, 5.74) is 0.554. The van der Waals surface area contributed by atoms with E-state index in [2.05, 4.69) is 0 Å². The highest BCUT2D eigenvalue weighted by molar-refractivity contribution is 5.70. The van der Waals surface area contributed by atoms with Gasteiger partial charge in [0.1, 0.15) is 38.6 Å². The average molecular weight is 786 g/mol. The molecule has 2 unspecified atom stereocenters. The highest BCUT2D eigenvalue weighted by Crippen LogP contribution is 2.17. The third kappa shape index (κ3) is 24.3. The molecule has 19 nitrogen and oxygen atoms in total. The first-order valence-corrected chi connectivity index (χ1v) is 18.9. The molecule has 0 saturated carbocycles. The maximum Gasteiger partial charge on any atom is 0.305 e. The number of anilines is 1. The second-order valence-corrected chi connectivity index (χ2v) is 12.6. The van der Waals surface area contributed by atoms with Crippen LogP contribution in [-0.4, -0.2) is 135 Å². The van der Waals surface area contributed by atoms with Gasteiger partial charge < -0.3 is 33.5 Å². The fourth-order valence-electron chi connectivity index (χ4n) is 5.33. The van der Waals surface area contributed by atoms with E-state index in [4.69, 9.17) is 28.6 Å². The van der Waals surface area contributed by atoms with E-state index < -0.39 is 46.3 Å². The van der Waals surface area contributed by atoms with E-state index in [-0.39, 0.29) is 104 Å². The SMILES string of the molecule is CCCC(=O)OCCN(CCOC(=O)CCC)CC(CN(CC(CN(CCOC(=O)CCC)CCOC(=O)CCC)O[N+](=O)[O-])c1ccccc1)O[N+](=O)[O-]. The van der Waals surface area contributed by atoms with E-state index in [0.717, 1.165) is 0 Å². The fourth-order valence-corrected chi connectivity index (χ4v) is 5.33. The second kappa shape index (κ2) is 29.6. The monoisotopic (exact) mass is 785 g/mol. The van der Waals surface area contributed by atoms with Gasteiger partial charge in [0.05, 0.1) is 0 Å². The predicted octanol–water partition coefficient (Wildman–Crippen LogP) is 3.62. The van der Waals surface area contributed by atoms with Crippen LogP contribution < -0.4 is 4.90 Å². The van der Waals surface area contributed by atoms with Gasteiger partial charge >= 0.3 is 23.9 Å². The first kappa shape index (κ1) is 48.2. The molecule has 0 spiro atoms. The number of nitrogens with zero attached hydrogens (tertiary/aromatic N) is 5. The zero-order valence-electron chi connectivity index (χ0n) is 32.6. The van der Waals surface area contributed by atoms with E-state index >= 15 is 0 Å². The number of hydrogen-bond acceptors (Lipinski definition) is 17. The molecule has 0 N–H and O–H groups in total. The molecule has 0 fully saturated rings. The number of benzene rings is 1. The molecule has 1 aromatic carbocycles. The molecular formula is C36H59N5O14. The van der Waals surface area contributed by atoms with E-state index in [1.165, 1.54) is 0 Å². The van der Waals surface area contributed by atoms with Crippen molar-refractivity contribution in [3.8, 4) is 0 Å². The van der Waals surface area contributed by atoms with Crippen molar-refractivity contribution in [3.63, 3.8) is 0 Å². The Morgan fingerprint density at radius 2 is 0.855 bits per heavy atom. The van der Waals surface area contributed by atoms with Gasteiger partial charge in [-0.05, 0) is 37.8 Å². The Bertz CT molecular complexity index is 1150. The predicted molar refractivity (Wildman–Crippen MR) is 199 cm³/mol. The van der Waals surface area contributed by atoms with E-state index in [1.807, 2.05) is 27.7 Å². The lowest BCUT2D eigenvalue weighted by molar-refractivity contribution is -0.768. The molecule has 1 aromatic rings. The van der Waals surface area contributed by atoms with Crippen molar-refractivity contribution in [2.45, 2.75) is 91.3 Å². The van der Waals surface area contributed by atoms with Crippen LogP contribution in [0.25, 0.3) is 0 Å². The summed E-state index contributed by atoms with van der Waals surface area (Å²) in [5, 5.41) is 21.7. The molecule has 19 heteroatoms. The van der Waals surface area contributed by atoms with Gasteiger partial charge in [0.25, 0.3) is 10.2 Å². The van der Waals surface area contributed by atoms with Crippen LogP contribution in [0.5, 0.6) is 0 Å². The Balaban J connectivity index is 3.34. The van der Waals surface area contributed by atoms with Gasteiger partial charge in [0.2, 0.25) is 0 Å². The smallest absolute Gasteiger partial charge is 0.305 e. The molecule has 1 rings (SSSR count). The summed E-state index contributed by atoms with van der Waals surface area (Å²) in [6.45, 7) is 7.44. The summed E-state index contributed by atoms with van der Waals surface area (Å²) in [6, 6.07) is 8.68. The lowest BCUT2D eigenvalue weighted by Gasteiger charge is -2.34. The van der Waals surface area contributed by atoms with E-state index in [9.17, 15) is 39.4 Å². The summed E-state index contributed by atoms with van der Waals surface area (Å²) in [6.07, 6.45) is 1.03. The largest absolute Gasteiger partial charge is 0.464 e. The maximum atomic E-state index is 12.0. The molecule has 0 aliphatic carbocycles. The second-order valence-electron chi connectivity index (χ2n) is 12.6. The van der Waals surface area contributed by atoms with Crippen molar-refractivity contribution < 1.29 is 58.0 Å². The normalized spacial score (nSPS) is 12.0. The lowest BCUT2D eigenvalue weighted by Crippen LogP contribution is -2.49. The van der Waals surface area contributed by atoms with Gasteiger partial charge in [-0.3, -0.25) is 29.0 Å². The first-order chi connectivity index (χ1) is 26.4. The van der Waals surface area contributed by atoms with Crippen LogP contribution in [0.15, 0.2) is 30.3 Å². The molecule has 312 valence electrons. The highest BCUT2D eigenvalue weighted by Gasteiger charge is 2.27. The Labute approximate surface area is 322 Å². The number of esters is 4. The van der Waals surface area contributed by atoms with Crippen molar-refractivity contribution in [3.05, 3.63) is 50.6 Å². The Morgan fingerprint density at radius 1 is 0.545 bits per heavy atom. The van der Waals surface area contributed by atoms with Gasteiger partial charge in [-0.15, -0.1) is 20.2 Å². The topological polar surface area (TPSA) is 220 Å². The quantitative estimate of drug-likeness (QED) is 0.0430.